The van der Waals surface area contributed by atoms with Crippen LogP contribution in [0.2, 0.25) is 0 Å². The normalized spacial score (nSPS) is 25.7. The summed E-state index contributed by atoms with van der Waals surface area (Å²) in [6, 6.07) is 8.21. The molecule has 0 unspecified atom stereocenters. The number of rotatable bonds is 2. The first kappa shape index (κ1) is 11.8. The molecular weight excluding hydrogens is 230 g/mol. The van der Waals surface area contributed by atoms with Crippen LogP contribution in [-0.2, 0) is 4.74 Å². The van der Waals surface area contributed by atoms with Gasteiger partial charge < -0.3 is 14.2 Å². The van der Waals surface area contributed by atoms with Crippen LogP contribution in [0.15, 0.2) is 24.3 Å². The molecule has 0 bridgehead atoms. The summed E-state index contributed by atoms with van der Waals surface area (Å²) in [5.74, 6) is 1.71. The highest BCUT2D eigenvalue weighted by molar-refractivity contribution is 5.40. The minimum Gasteiger partial charge on any atom is -0.486 e. The zero-order valence-electron chi connectivity index (χ0n) is 10.7. The van der Waals surface area contributed by atoms with Gasteiger partial charge in [0.25, 0.3) is 0 Å². The average Bonchev–Trinajstić information content (AvgIpc) is 2.47. The fourth-order valence-corrected chi connectivity index (χ4v) is 2.49. The topological polar surface area (TPSA) is 30.9 Å². The molecule has 1 aromatic rings. The molecule has 1 fully saturated rings. The van der Waals surface area contributed by atoms with E-state index in [1.165, 1.54) is 0 Å². The van der Waals surface area contributed by atoms with Crippen LogP contribution in [0.5, 0.6) is 11.5 Å². The standard InChI is InChI=1S/C14H19NO3/c1-11(15-6-8-16-9-7-15)14-10-17-12-4-2-3-5-13(12)18-14/h2-5,11,14H,6-10H2,1H3/t11-,14-/m1/s1. The fourth-order valence-electron chi connectivity index (χ4n) is 2.49. The maximum atomic E-state index is 6.04. The maximum Gasteiger partial charge on any atom is 0.161 e. The highest BCUT2D eigenvalue weighted by Crippen LogP contribution is 2.32. The predicted molar refractivity (Wildman–Crippen MR) is 68.2 cm³/mol. The van der Waals surface area contributed by atoms with Gasteiger partial charge in [0.1, 0.15) is 12.7 Å². The summed E-state index contributed by atoms with van der Waals surface area (Å²) in [4.78, 5) is 2.41. The van der Waals surface area contributed by atoms with Gasteiger partial charge in [-0.3, -0.25) is 4.90 Å². The monoisotopic (exact) mass is 249 g/mol. The van der Waals surface area contributed by atoms with Crippen LogP contribution in [0.4, 0.5) is 0 Å². The van der Waals surface area contributed by atoms with E-state index in [-0.39, 0.29) is 6.10 Å². The van der Waals surface area contributed by atoms with Crippen LogP contribution in [0, 0.1) is 0 Å². The first-order valence-electron chi connectivity index (χ1n) is 6.55. The van der Waals surface area contributed by atoms with E-state index in [0.29, 0.717) is 12.6 Å². The van der Waals surface area contributed by atoms with Crippen LogP contribution in [-0.4, -0.2) is 50.0 Å². The average molecular weight is 249 g/mol. The lowest BCUT2D eigenvalue weighted by Crippen LogP contribution is -2.51. The largest absolute Gasteiger partial charge is 0.486 e. The van der Waals surface area contributed by atoms with Crippen molar-refractivity contribution in [1.82, 2.24) is 4.90 Å². The number of ether oxygens (including phenoxy) is 3. The first-order valence-corrected chi connectivity index (χ1v) is 6.55. The van der Waals surface area contributed by atoms with Crippen molar-refractivity contribution in [3.8, 4) is 11.5 Å². The van der Waals surface area contributed by atoms with E-state index in [2.05, 4.69) is 11.8 Å². The Morgan fingerprint density at radius 1 is 1.17 bits per heavy atom. The summed E-state index contributed by atoms with van der Waals surface area (Å²) in [6.07, 6.45) is 0.0954. The van der Waals surface area contributed by atoms with Crippen molar-refractivity contribution in [2.24, 2.45) is 0 Å². The molecule has 0 N–H and O–H groups in total. The van der Waals surface area contributed by atoms with E-state index in [1.54, 1.807) is 0 Å². The number of nitrogens with zero attached hydrogens (tertiary/aromatic N) is 1. The molecule has 2 atom stereocenters. The third-order valence-electron chi connectivity index (χ3n) is 3.69. The summed E-state index contributed by atoms with van der Waals surface area (Å²) in [7, 11) is 0. The number of morpholine rings is 1. The van der Waals surface area contributed by atoms with E-state index in [0.717, 1.165) is 37.8 Å². The molecule has 0 amide bonds. The van der Waals surface area contributed by atoms with Gasteiger partial charge in [0.05, 0.1) is 13.2 Å². The van der Waals surface area contributed by atoms with Crippen molar-refractivity contribution < 1.29 is 14.2 Å². The molecule has 0 saturated carbocycles. The lowest BCUT2D eigenvalue weighted by atomic mass is 10.1. The van der Waals surface area contributed by atoms with Crippen molar-refractivity contribution in [2.75, 3.05) is 32.9 Å². The molecule has 98 valence electrons. The summed E-state index contributed by atoms with van der Waals surface area (Å²) in [5, 5.41) is 0. The van der Waals surface area contributed by atoms with E-state index >= 15 is 0 Å². The Balaban J connectivity index is 1.67. The highest BCUT2D eigenvalue weighted by Gasteiger charge is 2.30. The Kier molecular flexibility index (Phi) is 3.39. The summed E-state index contributed by atoms with van der Waals surface area (Å²) >= 11 is 0. The quantitative estimate of drug-likeness (QED) is 0.795. The van der Waals surface area contributed by atoms with Crippen molar-refractivity contribution in [1.29, 1.82) is 0 Å². The molecule has 2 aliphatic rings. The first-order chi connectivity index (χ1) is 8.84. The predicted octanol–water partition coefficient (Wildman–Crippen LogP) is 1.55. The molecule has 0 spiro atoms. The fraction of sp³-hybridized carbons (Fsp3) is 0.571. The van der Waals surface area contributed by atoms with Gasteiger partial charge in [0, 0.05) is 19.1 Å². The minimum atomic E-state index is 0.0954. The SMILES string of the molecule is C[C@H]([C@H]1COc2ccccc2O1)N1CCOCC1. The second-order valence-corrected chi connectivity index (χ2v) is 4.80. The molecule has 0 aliphatic carbocycles. The molecule has 18 heavy (non-hydrogen) atoms. The number of hydrogen-bond acceptors (Lipinski definition) is 4. The van der Waals surface area contributed by atoms with Gasteiger partial charge in [-0.2, -0.15) is 0 Å². The Morgan fingerprint density at radius 3 is 2.67 bits per heavy atom. The van der Waals surface area contributed by atoms with Gasteiger partial charge in [-0.05, 0) is 19.1 Å². The summed E-state index contributed by atoms with van der Waals surface area (Å²) in [5.41, 5.74) is 0. The van der Waals surface area contributed by atoms with E-state index < -0.39 is 0 Å². The summed E-state index contributed by atoms with van der Waals surface area (Å²) in [6.45, 7) is 6.40. The van der Waals surface area contributed by atoms with Gasteiger partial charge in [0.15, 0.2) is 11.5 Å². The van der Waals surface area contributed by atoms with E-state index in [9.17, 15) is 0 Å². The Hall–Kier alpha value is -1.26. The lowest BCUT2D eigenvalue weighted by Gasteiger charge is -2.38. The van der Waals surface area contributed by atoms with Crippen LogP contribution in [0.3, 0.4) is 0 Å². The zero-order valence-corrected chi connectivity index (χ0v) is 10.7. The molecule has 0 radical (unpaired) electrons. The molecule has 4 nitrogen and oxygen atoms in total. The van der Waals surface area contributed by atoms with Crippen LogP contribution in [0.25, 0.3) is 0 Å². The lowest BCUT2D eigenvalue weighted by molar-refractivity contribution is -0.0280. The minimum absolute atomic E-state index is 0.0954. The zero-order chi connectivity index (χ0) is 12.4. The van der Waals surface area contributed by atoms with Gasteiger partial charge in [-0.15, -0.1) is 0 Å². The Morgan fingerprint density at radius 2 is 1.89 bits per heavy atom. The van der Waals surface area contributed by atoms with Crippen molar-refractivity contribution in [3.63, 3.8) is 0 Å². The highest BCUT2D eigenvalue weighted by atomic mass is 16.6. The number of fused-ring (bicyclic) bond motifs is 1. The second-order valence-electron chi connectivity index (χ2n) is 4.80. The molecule has 2 aliphatic heterocycles. The second kappa shape index (κ2) is 5.16. The third-order valence-corrected chi connectivity index (χ3v) is 3.69. The van der Waals surface area contributed by atoms with Crippen LogP contribution < -0.4 is 9.47 Å². The van der Waals surface area contributed by atoms with Gasteiger partial charge in [-0.25, -0.2) is 0 Å². The Labute approximate surface area is 107 Å². The van der Waals surface area contributed by atoms with Crippen molar-refractivity contribution in [3.05, 3.63) is 24.3 Å². The smallest absolute Gasteiger partial charge is 0.161 e. The molecule has 2 heterocycles. The van der Waals surface area contributed by atoms with Crippen LogP contribution in [0.1, 0.15) is 6.92 Å². The van der Waals surface area contributed by atoms with E-state index in [4.69, 9.17) is 14.2 Å². The van der Waals surface area contributed by atoms with Gasteiger partial charge >= 0.3 is 0 Å². The molecule has 1 saturated heterocycles. The number of para-hydroxylation sites is 2. The molecular formula is C14H19NO3. The van der Waals surface area contributed by atoms with Crippen molar-refractivity contribution >= 4 is 0 Å². The van der Waals surface area contributed by atoms with E-state index in [1.807, 2.05) is 24.3 Å². The van der Waals surface area contributed by atoms with Crippen molar-refractivity contribution in [2.45, 2.75) is 19.1 Å². The molecule has 3 rings (SSSR count). The van der Waals surface area contributed by atoms with Gasteiger partial charge in [-0.1, -0.05) is 12.1 Å². The molecule has 4 heteroatoms. The van der Waals surface area contributed by atoms with Crippen LogP contribution >= 0.6 is 0 Å². The molecule has 1 aromatic carbocycles. The summed E-state index contributed by atoms with van der Waals surface area (Å²) < 4.78 is 17.2. The Bertz CT molecular complexity index is 404. The number of hydrogen-bond donors (Lipinski definition) is 0. The maximum absolute atomic E-state index is 6.04. The molecule has 0 aromatic heterocycles. The number of benzene rings is 1. The third kappa shape index (κ3) is 2.31. The van der Waals surface area contributed by atoms with Gasteiger partial charge in [0.2, 0.25) is 0 Å².